The maximum atomic E-state index is 12.4. The summed E-state index contributed by atoms with van der Waals surface area (Å²) in [5.74, 6) is -4.37. The Morgan fingerprint density at radius 1 is 0.778 bits per heavy atom. The Hall–Kier alpha value is -2.58. The molecule has 12 unspecified atom stereocenters. The van der Waals surface area contributed by atoms with Crippen LogP contribution in [-0.2, 0) is 47.6 Å². The third-order valence-corrected chi connectivity index (χ3v) is 13.4. The van der Waals surface area contributed by atoms with Crippen LogP contribution in [0.4, 0.5) is 0 Å². The molecule has 0 aromatic carbocycles. The van der Waals surface area contributed by atoms with Crippen molar-refractivity contribution >= 4 is 23.9 Å². The van der Waals surface area contributed by atoms with E-state index >= 15 is 0 Å². The molecule has 10 fully saturated rings. The molecule has 0 aromatic heterocycles. The van der Waals surface area contributed by atoms with Crippen LogP contribution in [-0.4, -0.2) is 104 Å². The molecule has 13 nitrogen and oxygen atoms in total. The van der Waals surface area contributed by atoms with Gasteiger partial charge in [0.2, 0.25) is 11.2 Å². The number of carbonyl (C=O) groups is 4. The first-order chi connectivity index (χ1) is 19.9. The summed E-state index contributed by atoms with van der Waals surface area (Å²) in [4.78, 5) is 49.4. The Kier molecular flexibility index (Phi) is 5.47. The highest BCUT2D eigenvalue weighted by Crippen LogP contribution is 2.78. The van der Waals surface area contributed by atoms with Gasteiger partial charge in [0.05, 0.1) is 39.5 Å². The predicted octanol–water partition coefficient (Wildman–Crippen LogP) is 0.343. The van der Waals surface area contributed by atoms with Gasteiger partial charge in [0.1, 0.15) is 24.4 Å². The molecule has 2 spiro atoms. The Morgan fingerprint density at radius 2 is 1.20 bits per heavy atom. The van der Waals surface area contributed by atoms with E-state index in [4.69, 9.17) is 28.4 Å². The van der Waals surface area contributed by atoms with Crippen molar-refractivity contribution < 1.29 is 62.9 Å². The predicted molar refractivity (Wildman–Crippen MR) is 149 cm³/mol. The summed E-state index contributed by atoms with van der Waals surface area (Å²) in [6.45, 7) is 12.5. The van der Waals surface area contributed by atoms with Crippen LogP contribution in [0, 0.1) is 34.5 Å². The van der Waals surface area contributed by atoms with Gasteiger partial charge >= 0.3 is 23.9 Å². The van der Waals surface area contributed by atoms with Gasteiger partial charge in [0.15, 0.2) is 12.2 Å². The first kappa shape index (κ1) is 31.0. The van der Waals surface area contributed by atoms with Gasteiger partial charge in [-0.3, -0.25) is 9.59 Å². The van der Waals surface area contributed by atoms with Crippen LogP contribution < -0.4 is 0 Å². The summed E-state index contributed by atoms with van der Waals surface area (Å²) >= 11 is 0. The monoisotopic (exact) mass is 634 g/mol. The first-order valence-corrected chi connectivity index (χ1v) is 14.9. The van der Waals surface area contributed by atoms with Crippen molar-refractivity contribution in [1.29, 1.82) is 0 Å². The largest absolute Gasteiger partial charge is 0.458 e. The number of ether oxygens (including phenoxy) is 6. The Labute approximate surface area is 260 Å². The third kappa shape index (κ3) is 2.66. The quantitative estimate of drug-likeness (QED) is 0.163. The third-order valence-electron chi connectivity index (χ3n) is 13.4. The number of rotatable bonds is 2. The molecule has 10 rings (SSSR count). The van der Waals surface area contributed by atoms with E-state index in [1.165, 1.54) is 0 Å². The number of hydrogen-bond acceptors (Lipinski definition) is 13. The van der Waals surface area contributed by atoms with Crippen molar-refractivity contribution in [1.82, 2.24) is 0 Å². The molecule has 10 aliphatic rings. The summed E-state index contributed by atoms with van der Waals surface area (Å²) in [5, 5.41) is 33.3. The first-order valence-electron chi connectivity index (χ1n) is 14.9. The number of esters is 4. The lowest BCUT2D eigenvalue weighted by Gasteiger charge is -2.53. The van der Waals surface area contributed by atoms with E-state index in [-0.39, 0.29) is 39.7 Å². The van der Waals surface area contributed by atoms with Gasteiger partial charge in [-0.05, 0) is 34.6 Å². The van der Waals surface area contributed by atoms with Crippen LogP contribution in [0.2, 0.25) is 0 Å². The lowest BCUT2D eigenvalue weighted by molar-refractivity contribution is -0.223. The number of fused-ring (bicyclic) bond motifs is 8. The molecule has 4 bridgehead atoms. The molecule has 16 atom stereocenters. The normalized spacial score (nSPS) is 58.6. The molecule has 4 aliphatic carbocycles. The second-order valence-electron chi connectivity index (χ2n) is 15.3. The van der Waals surface area contributed by atoms with Gasteiger partial charge in [0, 0.05) is 24.7 Å². The zero-order valence-corrected chi connectivity index (χ0v) is 24.3. The van der Waals surface area contributed by atoms with Gasteiger partial charge in [0.25, 0.3) is 0 Å². The van der Waals surface area contributed by atoms with Crippen LogP contribution in [0.5, 0.6) is 0 Å². The van der Waals surface area contributed by atoms with E-state index in [0.717, 1.165) is 5.57 Å². The number of hydrogen-bond donors (Lipinski definition) is 3. The molecule has 4 saturated carbocycles. The van der Waals surface area contributed by atoms with Crippen molar-refractivity contribution in [2.24, 2.45) is 34.5 Å². The van der Waals surface area contributed by atoms with Crippen LogP contribution >= 0.6 is 0 Å². The molecule has 0 radical (unpaired) electrons. The second-order valence-corrected chi connectivity index (χ2v) is 15.3. The number of carbonyl (C=O) groups excluding carboxylic acids is 4. The molecular formula is C32H42O13. The SMILES string of the molecule is C.C.C=C(C)C1C2OC(=O)C1C1(O)C[C@H]3O[C@]34C(=O)OC2C14C.CC(C)(O)C1C2OC(=O)C1C1(O)C[C@H]3O[C@]34C(=O)OC2C14C. The second kappa shape index (κ2) is 7.92. The molecule has 13 heteroatoms. The topological polar surface area (TPSA) is 191 Å². The maximum Gasteiger partial charge on any atom is 0.342 e. The zero-order valence-electron chi connectivity index (χ0n) is 24.3. The standard InChI is InChI=1S/C15H18O7.C15H16O6.2CH4/c1-12(2,18)6-7-10(16)20-8(6)9-13(3)14(7,19)4-5-15(13,22-5)11(17)21-9;1-5(2)7-8-11(16)19-9(7)10-13(3)14(8,18)4-6-15(13,21-6)12(17)20-10;;/h5-9,18-19H,4H2,1-3H3;6-10,18H,1,4H2,2-3H3;2*1H4/t5-,6?,7?,8?,9?,13?,14?,15+;6-,7?,8?,9?,10?,13?,14?,15+;;/m11../s1. The van der Waals surface area contributed by atoms with E-state index in [9.17, 15) is 34.5 Å². The van der Waals surface area contributed by atoms with E-state index in [0.29, 0.717) is 0 Å². The molecule has 0 aromatic rings. The Bertz CT molecular complexity index is 1500. The summed E-state index contributed by atoms with van der Waals surface area (Å²) in [6, 6.07) is 0. The van der Waals surface area contributed by atoms with Crippen molar-refractivity contribution in [2.45, 2.75) is 127 Å². The lowest BCUT2D eigenvalue weighted by atomic mass is 9.52. The van der Waals surface area contributed by atoms with Gasteiger partial charge in [-0.2, -0.15) is 0 Å². The van der Waals surface area contributed by atoms with E-state index < -0.39 is 111 Å². The average molecular weight is 635 g/mol. The molecule has 6 aliphatic heterocycles. The summed E-state index contributed by atoms with van der Waals surface area (Å²) < 4.78 is 33.2. The van der Waals surface area contributed by atoms with E-state index in [1.54, 1.807) is 27.7 Å². The molecule has 0 amide bonds. The highest BCUT2D eigenvalue weighted by atomic mass is 16.7. The van der Waals surface area contributed by atoms with Crippen molar-refractivity contribution in [3.8, 4) is 0 Å². The molecule has 248 valence electrons. The summed E-state index contributed by atoms with van der Waals surface area (Å²) in [6.07, 6.45) is -3.12. The minimum absolute atomic E-state index is 0. The minimum Gasteiger partial charge on any atom is -0.458 e. The van der Waals surface area contributed by atoms with Crippen LogP contribution in [0.3, 0.4) is 0 Å². The van der Waals surface area contributed by atoms with Crippen LogP contribution in [0.15, 0.2) is 12.2 Å². The average Bonchev–Trinajstić information content (AvgIpc) is 3.58. The van der Waals surface area contributed by atoms with Crippen molar-refractivity contribution in [3.05, 3.63) is 12.2 Å². The van der Waals surface area contributed by atoms with Gasteiger partial charge in [-0.25, -0.2) is 9.59 Å². The van der Waals surface area contributed by atoms with E-state index in [2.05, 4.69) is 6.58 Å². The molecule has 6 heterocycles. The fourth-order valence-electron chi connectivity index (χ4n) is 11.4. The molecule has 6 saturated heterocycles. The van der Waals surface area contributed by atoms with Crippen LogP contribution in [0.1, 0.15) is 62.3 Å². The fourth-order valence-corrected chi connectivity index (χ4v) is 11.4. The fraction of sp³-hybridized carbons (Fsp3) is 0.812. The van der Waals surface area contributed by atoms with Gasteiger partial charge in [-0.1, -0.05) is 27.0 Å². The number of epoxide rings is 2. The van der Waals surface area contributed by atoms with Gasteiger partial charge in [-0.15, -0.1) is 0 Å². The Morgan fingerprint density at radius 3 is 1.67 bits per heavy atom. The maximum absolute atomic E-state index is 12.4. The molecular weight excluding hydrogens is 592 g/mol. The van der Waals surface area contributed by atoms with Crippen molar-refractivity contribution in [3.63, 3.8) is 0 Å². The lowest BCUT2D eigenvalue weighted by Crippen LogP contribution is -2.68. The van der Waals surface area contributed by atoms with E-state index in [1.807, 2.05) is 6.92 Å². The number of aliphatic hydroxyl groups is 3. The zero-order chi connectivity index (χ0) is 30.8. The van der Waals surface area contributed by atoms with Crippen molar-refractivity contribution in [2.75, 3.05) is 0 Å². The smallest absolute Gasteiger partial charge is 0.342 e. The highest BCUT2D eigenvalue weighted by molar-refractivity contribution is 5.92. The molecule has 3 N–H and O–H groups in total. The Balaban J connectivity index is 0.000000138. The summed E-state index contributed by atoms with van der Waals surface area (Å²) in [5.41, 5.74) is -7.49. The van der Waals surface area contributed by atoms with Crippen LogP contribution in [0.25, 0.3) is 0 Å². The summed E-state index contributed by atoms with van der Waals surface area (Å²) in [7, 11) is 0. The minimum atomic E-state index is -1.47. The van der Waals surface area contributed by atoms with Gasteiger partial charge < -0.3 is 43.7 Å². The highest BCUT2D eigenvalue weighted by Gasteiger charge is 2.97. The molecule has 45 heavy (non-hydrogen) atoms.